The van der Waals surface area contributed by atoms with E-state index in [0.717, 1.165) is 25.7 Å². The number of hydrogen-bond donors (Lipinski definition) is 1. The van der Waals surface area contributed by atoms with E-state index < -0.39 is 0 Å². The number of hydrogen-bond acceptors (Lipinski definition) is 3. The van der Waals surface area contributed by atoms with Crippen LogP contribution in [-0.4, -0.2) is 27.3 Å². The van der Waals surface area contributed by atoms with Gasteiger partial charge in [0.05, 0.1) is 16.9 Å². The Hall–Kier alpha value is -2.95. The van der Waals surface area contributed by atoms with Crippen molar-refractivity contribution in [2.75, 3.05) is 6.54 Å². The normalized spacial score (nSPS) is 12.1. The van der Waals surface area contributed by atoms with E-state index in [1.54, 1.807) is 6.07 Å². The van der Waals surface area contributed by atoms with Crippen LogP contribution >= 0.6 is 0 Å². The molecular weight excluding hydrogens is 374 g/mol. The van der Waals surface area contributed by atoms with Crippen molar-refractivity contribution in [2.24, 2.45) is 0 Å². The summed E-state index contributed by atoms with van der Waals surface area (Å²) >= 11 is 0. The third kappa shape index (κ3) is 5.35. The van der Waals surface area contributed by atoms with E-state index in [9.17, 15) is 9.59 Å². The standard InChI is InChI=1S/C25H31N3O2/c1-3-5-7-16-23(29)28(18-17-19-12-8-6-9-13-19)22(4-2)24-26-21-15-11-10-14-20(21)25(30)27-24/h6,8-15,22H,3-5,7,16-18H2,1-2H3,(H,26,27,30). The van der Waals surface area contributed by atoms with E-state index in [0.29, 0.717) is 36.1 Å². The molecule has 0 aliphatic rings. The number of aromatic nitrogens is 2. The maximum Gasteiger partial charge on any atom is 0.258 e. The molecular formula is C25H31N3O2. The molecule has 0 aliphatic heterocycles. The number of benzene rings is 2. The minimum absolute atomic E-state index is 0.127. The van der Waals surface area contributed by atoms with Crippen molar-refractivity contribution >= 4 is 16.8 Å². The van der Waals surface area contributed by atoms with Gasteiger partial charge in [0.2, 0.25) is 5.91 Å². The van der Waals surface area contributed by atoms with Crippen LogP contribution in [0.25, 0.3) is 10.9 Å². The number of nitrogens with one attached hydrogen (secondary N) is 1. The van der Waals surface area contributed by atoms with Crippen molar-refractivity contribution in [2.45, 2.75) is 58.4 Å². The molecule has 5 heteroatoms. The highest BCUT2D eigenvalue weighted by atomic mass is 16.2. The van der Waals surface area contributed by atoms with Gasteiger partial charge in [-0.05, 0) is 37.0 Å². The average Bonchev–Trinajstić information content (AvgIpc) is 2.77. The molecule has 2 aromatic carbocycles. The van der Waals surface area contributed by atoms with E-state index in [-0.39, 0.29) is 17.5 Å². The van der Waals surface area contributed by atoms with Gasteiger partial charge in [0.15, 0.2) is 0 Å². The highest BCUT2D eigenvalue weighted by molar-refractivity contribution is 5.78. The van der Waals surface area contributed by atoms with Crippen LogP contribution < -0.4 is 5.56 Å². The molecule has 3 rings (SSSR count). The molecule has 0 aliphatic carbocycles. The fraction of sp³-hybridized carbons (Fsp3) is 0.400. The van der Waals surface area contributed by atoms with Gasteiger partial charge in [-0.2, -0.15) is 0 Å². The van der Waals surface area contributed by atoms with Crippen molar-refractivity contribution in [3.05, 3.63) is 76.3 Å². The SMILES string of the molecule is CCCCCC(=O)N(CCc1ccccc1)C(CC)c1nc2ccccc2c(=O)[nH]1. The Morgan fingerprint density at radius 3 is 2.50 bits per heavy atom. The third-order valence-corrected chi connectivity index (χ3v) is 5.51. The molecule has 1 amide bonds. The zero-order valence-corrected chi connectivity index (χ0v) is 17.9. The van der Waals surface area contributed by atoms with Gasteiger partial charge in [-0.3, -0.25) is 9.59 Å². The van der Waals surface area contributed by atoms with Crippen molar-refractivity contribution in [1.29, 1.82) is 0 Å². The van der Waals surface area contributed by atoms with Gasteiger partial charge in [0.1, 0.15) is 5.82 Å². The summed E-state index contributed by atoms with van der Waals surface area (Å²) in [4.78, 5) is 35.3. The average molecular weight is 406 g/mol. The minimum atomic E-state index is -0.250. The Morgan fingerprint density at radius 1 is 1.03 bits per heavy atom. The van der Waals surface area contributed by atoms with E-state index in [4.69, 9.17) is 4.98 Å². The largest absolute Gasteiger partial charge is 0.332 e. The Labute approximate surface area is 178 Å². The van der Waals surface area contributed by atoms with E-state index >= 15 is 0 Å². The number of H-pyrrole nitrogens is 1. The van der Waals surface area contributed by atoms with Crippen LogP contribution in [-0.2, 0) is 11.2 Å². The van der Waals surface area contributed by atoms with Gasteiger partial charge < -0.3 is 9.88 Å². The van der Waals surface area contributed by atoms with Gasteiger partial charge in [0.25, 0.3) is 5.56 Å². The second kappa shape index (κ2) is 10.7. The second-order valence-electron chi connectivity index (χ2n) is 7.67. The van der Waals surface area contributed by atoms with Crippen molar-refractivity contribution in [1.82, 2.24) is 14.9 Å². The smallest absolute Gasteiger partial charge is 0.258 e. The number of aromatic amines is 1. The molecule has 0 saturated carbocycles. The highest BCUT2D eigenvalue weighted by Crippen LogP contribution is 2.24. The zero-order chi connectivity index (χ0) is 21.3. The van der Waals surface area contributed by atoms with Crippen LogP contribution in [0.3, 0.4) is 0 Å². The Morgan fingerprint density at radius 2 is 1.77 bits per heavy atom. The fourth-order valence-corrected chi connectivity index (χ4v) is 3.84. The molecule has 30 heavy (non-hydrogen) atoms. The van der Waals surface area contributed by atoms with Crippen LogP contribution in [0.2, 0.25) is 0 Å². The monoisotopic (exact) mass is 405 g/mol. The molecule has 1 unspecified atom stereocenters. The maximum absolute atomic E-state index is 13.2. The van der Waals surface area contributed by atoms with Crippen LogP contribution in [0.5, 0.6) is 0 Å². The number of carbonyl (C=O) groups is 1. The fourth-order valence-electron chi connectivity index (χ4n) is 3.84. The van der Waals surface area contributed by atoms with Crippen LogP contribution in [0.1, 0.15) is 63.4 Å². The van der Waals surface area contributed by atoms with Crippen molar-refractivity contribution in [3.8, 4) is 0 Å². The molecule has 5 nitrogen and oxygen atoms in total. The lowest BCUT2D eigenvalue weighted by Crippen LogP contribution is -2.37. The number of rotatable bonds is 10. The lowest BCUT2D eigenvalue weighted by Gasteiger charge is -2.31. The highest BCUT2D eigenvalue weighted by Gasteiger charge is 2.25. The van der Waals surface area contributed by atoms with E-state index in [1.807, 2.05) is 48.2 Å². The Bertz CT molecular complexity index is 1010. The summed E-state index contributed by atoms with van der Waals surface area (Å²) in [5.74, 6) is 0.695. The van der Waals surface area contributed by atoms with Crippen molar-refractivity contribution in [3.63, 3.8) is 0 Å². The van der Waals surface area contributed by atoms with Gasteiger partial charge in [-0.25, -0.2) is 4.98 Å². The summed E-state index contributed by atoms with van der Waals surface area (Å²) in [5.41, 5.74) is 1.70. The molecule has 0 radical (unpaired) electrons. The van der Waals surface area contributed by atoms with Gasteiger partial charge >= 0.3 is 0 Å². The van der Waals surface area contributed by atoms with Gasteiger partial charge in [-0.1, -0.05) is 69.2 Å². The Balaban J connectivity index is 1.90. The summed E-state index contributed by atoms with van der Waals surface area (Å²) in [6.07, 6.45) is 4.99. The molecule has 158 valence electrons. The summed E-state index contributed by atoms with van der Waals surface area (Å²) in [6, 6.07) is 17.3. The topological polar surface area (TPSA) is 66.1 Å². The zero-order valence-electron chi connectivity index (χ0n) is 17.9. The summed E-state index contributed by atoms with van der Waals surface area (Å²) in [6.45, 7) is 4.77. The van der Waals surface area contributed by atoms with E-state index in [2.05, 4.69) is 24.0 Å². The molecule has 0 spiro atoms. The first-order chi connectivity index (χ1) is 14.6. The molecule has 3 aromatic rings. The molecule has 1 N–H and O–H groups in total. The number of amides is 1. The van der Waals surface area contributed by atoms with Gasteiger partial charge in [0, 0.05) is 13.0 Å². The summed E-state index contributed by atoms with van der Waals surface area (Å²) in [5, 5.41) is 0.571. The van der Waals surface area contributed by atoms with Gasteiger partial charge in [-0.15, -0.1) is 0 Å². The Kier molecular flexibility index (Phi) is 7.77. The van der Waals surface area contributed by atoms with Crippen LogP contribution in [0.4, 0.5) is 0 Å². The molecule has 0 saturated heterocycles. The van der Waals surface area contributed by atoms with E-state index in [1.165, 1.54) is 5.56 Å². The first-order valence-corrected chi connectivity index (χ1v) is 11.0. The number of carbonyl (C=O) groups excluding carboxylic acids is 1. The minimum Gasteiger partial charge on any atom is -0.332 e. The number of nitrogens with zero attached hydrogens (tertiary/aromatic N) is 2. The summed E-state index contributed by atoms with van der Waals surface area (Å²) in [7, 11) is 0. The molecule has 1 aromatic heterocycles. The summed E-state index contributed by atoms with van der Waals surface area (Å²) < 4.78 is 0. The lowest BCUT2D eigenvalue weighted by atomic mass is 10.1. The predicted octanol–water partition coefficient (Wildman–Crippen LogP) is 5.03. The molecule has 1 heterocycles. The molecule has 1 atom stereocenters. The predicted molar refractivity (Wildman–Crippen MR) is 121 cm³/mol. The first kappa shape index (κ1) is 21.8. The van der Waals surface area contributed by atoms with Crippen LogP contribution in [0.15, 0.2) is 59.4 Å². The number of unbranched alkanes of at least 4 members (excludes halogenated alkanes) is 2. The van der Waals surface area contributed by atoms with Crippen LogP contribution in [0, 0.1) is 0 Å². The quantitative estimate of drug-likeness (QED) is 0.481. The number of fused-ring (bicyclic) bond motifs is 1. The maximum atomic E-state index is 13.2. The lowest BCUT2D eigenvalue weighted by molar-refractivity contribution is -0.134. The number of para-hydroxylation sites is 1. The van der Waals surface area contributed by atoms with Crippen molar-refractivity contribution < 1.29 is 4.79 Å². The third-order valence-electron chi connectivity index (χ3n) is 5.51. The molecule has 0 bridgehead atoms. The first-order valence-electron chi connectivity index (χ1n) is 11.0. The second-order valence-corrected chi connectivity index (χ2v) is 7.67. The molecule has 0 fully saturated rings.